The van der Waals surface area contributed by atoms with E-state index in [1.165, 1.54) is 16.9 Å². The van der Waals surface area contributed by atoms with Gasteiger partial charge in [0.2, 0.25) is 0 Å². The van der Waals surface area contributed by atoms with Gasteiger partial charge in [-0.25, -0.2) is 14.8 Å². The Bertz CT molecular complexity index is 1180. The molecule has 1 amide bonds. The molecule has 6 nitrogen and oxygen atoms in total. The van der Waals surface area contributed by atoms with Gasteiger partial charge in [0.25, 0.3) is 0 Å². The van der Waals surface area contributed by atoms with Gasteiger partial charge in [-0.05, 0) is 36.6 Å². The Hall–Kier alpha value is -3.19. The third kappa shape index (κ3) is 4.00. The highest BCUT2D eigenvalue weighted by molar-refractivity contribution is 7.19. The lowest BCUT2D eigenvalue weighted by atomic mass is 10.1. The minimum absolute atomic E-state index is 0.182. The van der Waals surface area contributed by atoms with Crippen molar-refractivity contribution in [2.45, 2.75) is 26.9 Å². The Balaban J connectivity index is 1.43. The zero-order valence-corrected chi connectivity index (χ0v) is 17.4. The molecule has 4 aromatic rings. The standard InChI is InChI=1S/C22H22N4O2S/c1-4-16-7-5-6-8-17(16)21-24-14(2)20(29-21)25-22(27)28-12-15-9-10-19-18(11-15)23-13-26(19)3/h5-11,13H,4,12H2,1-3H3,(H,25,27). The molecular weight excluding hydrogens is 384 g/mol. The molecule has 0 atom stereocenters. The van der Waals surface area contributed by atoms with Gasteiger partial charge in [-0.3, -0.25) is 5.32 Å². The molecular formula is C22H22N4O2S. The second kappa shape index (κ2) is 8.05. The number of thiazole rings is 1. The molecule has 0 radical (unpaired) electrons. The Labute approximate surface area is 173 Å². The molecule has 0 saturated heterocycles. The van der Waals surface area contributed by atoms with Gasteiger partial charge in [0.1, 0.15) is 16.6 Å². The van der Waals surface area contributed by atoms with Gasteiger partial charge in [-0.1, -0.05) is 48.6 Å². The van der Waals surface area contributed by atoms with Crippen molar-refractivity contribution in [2.24, 2.45) is 7.05 Å². The zero-order chi connectivity index (χ0) is 20.4. The van der Waals surface area contributed by atoms with Gasteiger partial charge in [0, 0.05) is 12.6 Å². The Morgan fingerprint density at radius 3 is 2.90 bits per heavy atom. The summed E-state index contributed by atoms with van der Waals surface area (Å²) < 4.78 is 7.35. The summed E-state index contributed by atoms with van der Waals surface area (Å²) in [5.41, 5.74) is 5.94. The predicted octanol–water partition coefficient (Wildman–Crippen LogP) is 5.32. The monoisotopic (exact) mass is 406 g/mol. The van der Waals surface area contributed by atoms with Crippen LogP contribution in [-0.2, 0) is 24.8 Å². The summed E-state index contributed by atoms with van der Waals surface area (Å²) in [4.78, 5) is 21.3. The summed E-state index contributed by atoms with van der Waals surface area (Å²) in [5, 5.41) is 4.43. The van der Waals surface area contributed by atoms with E-state index in [4.69, 9.17) is 4.74 Å². The lowest BCUT2D eigenvalue weighted by Gasteiger charge is -2.06. The number of carbonyl (C=O) groups excluding carboxylic acids is 1. The van der Waals surface area contributed by atoms with Crippen LogP contribution in [0.2, 0.25) is 0 Å². The number of nitrogens with one attached hydrogen (secondary N) is 1. The first-order valence-corrected chi connectivity index (χ1v) is 10.3. The van der Waals surface area contributed by atoms with Crippen molar-refractivity contribution in [3.63, 3.8) is 0 Å². The van der Waals surface area contributed by atoms with Crippen molar-refractivity contribution in [2.75, 3.05) is 5.32 Å². The molecule has 0 aliphatic rings. The normalized spacial score (nSPS) is 11.0. The van der Waals surface area contributed by atoms with Gasteiger partial charge in [0.15, 0.2) is 0 Å². The van der Waals surface area contributed by atoms with Crippen molar-refractivity contribution in [1.29, 1.82) is 0 Å². The summed E-state index contributed by atoms with van der Waals surface area (Å²) in [5.74, 6) is 0. The molecule has 0 saturated carbocycles. The smallest absolute Gasteiger partial charge is 0.412 e. The van der Waals surface area contributed by atoms with Crippen molar-refractivity contribution in [3.8, 4) is 10.6 Å². The molecule has 7 heteroatoms. The van der Waals surface area contributed by atoms with E-state index < -0.39 is 6.09 Å². The molecule has 0 spiro atoms. The minimum Gasteiger partial charge on any atom is -0.444 e. The van der Waals surface area contributed by atoms with Crippen LogP contribution in [0.25, 0.3) is 21.6 Å². The van der Waals surface area contributed by atoms with Gasteiger partial charge in [-0.15, -0.1) is 0 Å². The van der Waals surface area contributed by atoms with Gasteiger partial charge in [0.05, 0.1) is 23.1 Å². The quantitative estimate of drug-likeness (QED) is 0.487. The molecule has 0 unspecified atom stereocenters. The zero-order valence-electron chi connectivity index (χ0n) is 16.6. The number of aryl methyl sites for hydroxylation is 3. The topological polar surface area (TPSA) is 69.0 Å². The van der Waals surface area contributed by atoms with Gasteiger partial charge < -0.3 is 9.30 Å². The number of rotatable bonds is 5. The van der Waals surface area contributed by atoms with Crippen LogP contribution in [0.5, 0.6) is 0 Å². The summed E-state index contributed by atoms with van der Waals surface area (Å²) >= 11 is 1.46. The third-order valence-electron chi connectivity index (χ3n) is 4.80. The predicted molar refractivity (Wildman–Crippen MR) is 116 cm³/mol. The van der Waals surface area contributed by atoms with Crippen LogP contribution in [-0.4, -0.2) is 20.6 Å². The van der Waals surface area contributed by atoms with E-state index in [1.807, 2.05) is 48.9 Å². The fourth-order valence-corrected chi connectivity index (χ4v) is 4.23. The summed E-state index contributed by atoms with van der Waals surface area (Å²) in [6, 6.07) is 14.0. The first-order chi connectivity index (χ1) is 14.0. The number of anilines is 1. The van der Waals surface area contributed by atoms with Gasteiger partial charge in [-0.2, -0.15) is 0 Å². The largest absolute Gasteiger partial charge is 0.444 e. The van der Waals surface area contributed by atoms with E-state index in [9.17, 15) is 4.79 Å². The number of imidazole rings is 1. The molecule has 0 aliphatic heterocycles. The van der Waals surface area contributed by atoms with Crippen LogP contribution in [0.4, 0.5) is 9.80 Å². The lowest BCUT2D eigenvalue weighted by molar-refractivity contribution is 0.155. The van der Waals surface area contributed by atoms with Crippen molar-refractivity contribution in [3.05, 3.63) is 65.6 Å². The number of aromatic nitrogens is 3. The number of carbonyl (C=O) groups is 1. The van der Waals surface area contributed by atoms with Crippen LogP contribution < -0.4 is 5.32 Å². The lowest BCUT2D eigenvalue weighted by Crippen LogP contribution is -2.13. The van der Waals surface area contributed by atoms with Crippen molar-refractivity contribution < 1.29 is 9.53 Å². The molecule has 0 aliphatic carbocycles. The van der Waals surface area contributed by atoms with Crippen LogP contribution in [0.1, 0.15) is 23.7 Å². The number of amides is 1. The minimum atomic E-state index is -0.492. The molecule has 1 N–H and O–H groups in total. The molecule has 2 heterocycles. The van der Waals surface area contributed by atoms with E-state index in [-0.39, 0.29) is 6.61 Å². The molecule has 2 aromatic heterocycles. The Morgan fingerprint density at radius 2 is 2.07 bits per heavy atom. The average Bonchev–Trinajstić information content (AvgIpc) is 3.28. The Morgan fingerprint density at radius 1 is 1.24 bits per heavy atom. The number of ether oxygens (including phenoxy) is 1. The molecule has 4 rings (SSSR count). The molecule has 148 valence electrons. The Kier molecular flexibility index (Phi) is 5.31. The molecule has 29 heavy (non-hydrogen) atoms. The number of hydrogen-bond acceptors (Lipinski definition) is 5. The first-order valence-electron chi connectivity index (χ1n) is 9.44. The van der Waals surface area contributed by atoms with E-state index in [1.54, 1.807) is 6.33 Å². The fourth-order valence-electron chi connectivity index (χ4n) is 3.21. The average molecular weight is 407 g/mol. The maximum absolute atomic E-state index is 12.3. The summed E-state index contributed by atoms with van der Waals surface area (Å²) in [6.07, 6.45) is 2.21. The van der Waals surface area contributed by atoms with E-state index >= 15 is 0 Å². The van der Waals surface area contributed by atoms with Crippen molar-refractivity contribution in [1.82, 2.24) is 14.5 Å². The molecule has 0 fully saturated rings. The first kappa shape index (κ1) is 19.1. The maximum atomic E-state index is 12.3. The van der Waals surface area contributed by atoms with E-state index in [0.29, 0.717) is 5.00 Å². The number of nitrogens with zero attached hydrogens (tertiary/aromatic N) is 3. The van der Waals surface area contributed by atoms with Crippen LogP contribution in [0.3, 0.4) is 0 Å². The highest BCUT2D eigenvalue weighted by Crippen LogP contribution is 2.33. The number of hydrogen-bond donors (Lipinski definition) is 1. The third-order valence-corrected chi connectivity index (χ3v) is 5.91. The van der Waals surface area contributed by atoms with Crippen molar-refractivity contribution >= 4 is 33.5 Å². The van der Waals surface area contributed by atoms with Crippen LogP contribution in [0.15, 0.2) is 48.8 Å². The SMILES string of the molecule is CCc1ccccc1-c1nc(C)c(NC(=O)OCc2ccc3c(c2)ncn3C)s1. The summed E-state index contributed by atoms with van der Waals surface area (Å²) in [6.45, 7) is 4.19. The van der Waals surface area contributed by atoms with Crippen LogP contribution in [0, 0.1) is 6.92 Å². The highest BCUT2D eigenvalue weighted by atomic mass is 32.1. The van der Waals surface area contributed by atoms with Crippen LogP contribution >= 0.6 is 11.3 Å². The summed E-state index contributed by atoms with van der Waals surface area (Å²) in [7, 11) is 1.95. The maximum Gasteiger partial charge on any atom is 0.412 e. The fraction of sp³-hybridized carbons (Fsp3) is 0.227. The van der Waals surface area contributed by atoms with E-state index in [0.717, 1.165) is 39.3 Å². The second-order valence-electron chi connectivity index (χ2n) is 6.82. The molecule has 0 bridgehead atoms. The molecule has 2 aromatic carbocycles. The number of benzene rings is 2. The van der Waals surface area contributed by atoms with E-state index in [2.05, 4.69) is 34.3 Å². The second-order valence-corrected chi connectivity index (χ2v) is 7.82. The number of fused-ring (bicyclic) bond motifs is 1. The van der Waals surface area contributed by atoms with Gasteiger partial charge >= 0.3 is 6.09 Å². The highest BCUT2D eigenvalue weighted by Gasteiger charge is 2.14.